The van der Waals surface area contributed by atoms with Crippen LogP contribution in [0.3, 0.4) is 0 Å². The largest absolute Gasteiger partial charge is 0.296 e. The van der Waals surface area contributed by atoms with Crippen molar-refractivity contribution in [2.24, 2.45) is 0 Å². The molecule has 0 heterocycles. The second-order valence-corrected chi connectivity index (χ2v) is 7.71. The summed E-state index contributed by atoms with van der Waals surface area (Å²) in [4.78, 5) is 0.224. The molecule has 3 nitrogen and oxygen atoms in total. The molecule has 4 heteroatoms. The molecule has 0 aromatic heterocycles. The van der Waals surface area contributed by atoms with Crippen LogP contribution in [0.5, 0.6) is 0 Å². The van der Waals surface area contributed by atoms with Gasteiger partial charge in [-0.1, -0.05) is 66.6 Å². The van der Waals surface area contributed by atoms with Crippen LogP contribution in [0, 0.1) is 6.92 Å². The molecular weight excluding hydrogens is 332 g/mol. The Morgan fingerprint density at radius 3 is 2.32 bits per heavy atom. The van der Waals surface area contributed by atoms with Gasteiger partial charge in [-0.15, -0.1) is 0 Å². The number of benzene rings is 2. The molecule has 0 N–H and O–H groups in total. The predicted molar refractivity (Wildman–Crippen MR) is 102 cm³/mol. The van der Waals surface area contributed by atoms with Crippen molar-refractivity contribution >= 4 is 10.1 Å². The van der Waals surface area contributed by atoms with Gasteiger partial charge < -0.3 is 0 Å². The van der Waals surface area contributed by atoms with Crippen molar-refractivity contribution in [1.82, 2.24) is 0 Å². The fourth-order valence-electron chi connectivity index (χ4n) is 2.43. The van der Waals surface area contributed by atoms with Crippen LogP contribution in [0.15, 0.2) is 71.6 Å². The second kappa shape index (κ2) is 10.2. The highest BCUT2D eigenvalue weighted by Gasteiger charge is 2.13. The molecule has 25 heavy (non-hydrogen) atoms. The normalized spacial score (nSPS) is 11.9. The van der Waals surface area contributed by atoms with Gasteiger partial charge in [-0.3, -0.25) is 4.18 Å². The van der Waals surface area contributed by atoms with Crippen molar-refractivity contribution < 1.29 is 12.6 Å². The van der Waals surface area contributed by atoms with Crippen LogP contribution in [0.4, 0.5) is 0 Å². The number of hydrogen-bond acceptors (Lipinski definition) is 3. The number of rotatable bonds is 10. The number of aryl methyl sites for hydroxylation is 1. The molecule has 0 aliphatic carbocycles. The molecule has 2 rings (SSSR count). The minimum Gasteiger partial charge on any atom is -0.266 e. The monoisotopic (exact) mass is 358 g/mol. The summed E-state index contributed by atoms with van der Waals surface area (Å²) in [6, 6.07) is 17.1. The lowest BCUT2D eigenvalue weighted by atomic mass is 10.1. The van der Waals surface area contributed by atoms with Gasteiger partial charge in [-0.2, -0.15) is 8.42 Å². The standard InChI is InChI=1S/C21H26O3S/c1-19-14-16-21(17-15-19)25(22,23)24-18-10-5-3-2-4-7-11-20-12-8-6-9-13-20/h4,6-9,12-17H,2-3,5,10-11,18H2,1H3. The molecule has 2 aromatic carbocycles. The van der Waals surface area contributed by atoms with Gasteiger partial charge in [0.15, 0.2) is 0 Å². The van der Waals surface area contributed by atoms with E-state index in [0.29, 0.717) is 0 Å². The fourth-order valence-corrected chi connectivity index (χ4v) is 3.38. The van der Waals surface area contributed by atoms with Gasteiger partial charge in [0.1, 0.15) is 0 Å². The maximum absolute atomic E-state index is 12.0. The predicted octanol–water partition coefficient (Wildman–Crippen LogP) is 5.06. The quantitative estimate of drug-likeness (QED) is 0.339. The number of hydrogen-bond donors (Lipinski definition) is 0. The molecule has 0 saturated heterocycles. The summed E-state index contributed by atoms with van der Waals surface area (Å²) in [6.45, 7) is 2.16. The maximum atomic E-state index is 12.0. The Bertz CT molecular complexity index is 747. The Hall–Kier alpha value is -1.91. The number of unbranched alkanes of at least 4 members (excludes halogenated alkanes) is 3. The first kappa shape index (κ1) is 19.4. The van der Waals surface area contributed by atoms with Crippen LogP contribution >= 0.6 is 0 Å². The van der Waals surface area contributed by atoms with Gasteiger partial charge in [0.25, 0.3) is 10.1 Å². The van der Waals surface area contributed by atoms with Crippen molar-refractivity contribution in [3.63, 3.8) is 0 Å². The lowest BCUT2D eigenvalue weighted by molar-refractivity contribution is 0.307. The summed E-state index contributed by atoms with van der Waals surface area (Å²) >= 11 is 0. The molecular formula is C21H26O3S. The van der Waals surface area contributed by atoms with E-state index in [0.717, 1.165) is 37.7 Å². The molecule has 0 amide bonds. The zero-order chi connectivity index (χ0) is 18.0. The smallest absolute Gasteiger partial charge is 0.266 e. The Kier molecular flexibility index (Phi) is 7.89. The van der Waals surface area contributed by atoms with Crippen molar-refractivity contribution in [3.05, 3.63) is 77.9 Å². The Morgan fingerprint density at radius 2 is 1.60 bits per heavy atom. The van der Waals surface area contributed by atoms with Crippen molar-refractivity contribution in [2.45, 2.75) is 43.9 Å². The molecule has 0 unspecified atom stereocenters. The Labute approximate surface area is 151 Å². The minimum absolute atomic E-state index is 0.224. The first-order chi connectivity index (χ1) is 12.1. The molecule has 0 aliphatic heterocycles. The fraction of sp³-hybridized carbons (Fsp3) is 0.333. The average molecular weight is 359 g/mol. The van der Waals surface area contributed by atoms with Gasteiger partial charge in [0, 0.05) is 0 Å². The highest BCUT2D eigenvalue weighted by Crippen LogP contribution is 2.14. The molecule has 0 atom stereocenters. The van der Waals surface area contributed by atoms with E-state index in [9.17, 15) is 8.42 Å². The van der Waals surface area contributed by atoms with Crippen molar-refractivity contribution in [1.29, 1.82) is 0 Å². The Balaban J connectivity index is 1.58. The van der Waals surface area contributed by atoms with Gasteiger partial charge >= 0.3 is 0 Å². The summed E-state index contributed by atoms with van der Waals surface area (Å²) in [5.41, 5.74) is 2.34. The number of allylic oxidation sites excluding steroid dienone is 2. The highest BCUT2D eigenvalue weighted by molar-refractivity contribution is 7.86. The molecule has 2 aromatic rings. The molecule has 0 spiro atoms. The van der Waals surface area contributed by atoms with E-state index < -0.39 is 10.1 Å². The lowest BCUT2D eigenvalue weighted by Crippen LogP contribution is -2.07. The van der Waals surface area contributed by atoms with E-state index in [1.165, 1.54) is 5.56 Å². The maximum Gasteiger partial charge on any atom is 0.296 e. The van der Waals surface area contributed by atoms with E-state index >= 15 is 0 Å². The van der Waals surface area contributed by atoms with Crippen LogP contribution in [0.25, 0.3) is 0 Å². The molecule has 134 valence electrons. The van der Waals surface area contributed by atoms with Crippen LogP contribution in [0.2, 0.25) is 0 Å². The summed E-state index contributed by atoms with van der Waals surface area (Å²) in [5, 5.41) is 0. The third-order valence-corrected chi connectivity index (χ3v) is 5.25. The molecule has 0 saturated carbocycles. The first-order valence-corrected chi connectivity index (χ1v) is 10.1. The molecule has 0 fully saturated rings. The van der Waals surface area contributed by atoms with E-state index in [2.05, 4.69) is 24.3 Å². The second-order valence-electron chi connectivity index (χ2n) is 6.10. The molecule has 0 bridgehead atoms. The first-order valence-electron chi connectivity index (χ1n) is 8.73. The molecule has 0 aliphatic rings. The van der Waals surface area contributed by atoms with Crippen LogP contribution in [-0.4, -0.2) is 15.0 Å². The van der Waals surface area contributed by atoms with Crippen molar-refractivity contribution in [2.75, 3.05) is 6.61 Å². The topological polar surface area (TPSA) is 43.4 Å². The third-order valence-electron chi connectivity index (χ3n) is 3.93. The zero-order valence-electron chi connectivity index (χ0n) is 14.7. The van der Waals surface area contributed by atoms with Gasteiger partial charge in [-0.05, 0) is 50.3 Å². The van der Waals surface area contributed by atoms with E-state index in [1.54, 1.807) is 24.3 Å². The van der Waals surface area contributed by atoms with Crippen molar-refractivity contribution in [3.8, 4) is 0 Å². The summed E-state index contributed by atoms with van der Waals surface area (Å²) < 4.78 is 29.1. The van der Waals surface area contributed by atoms with Crippen LogP contribution < -0.4 is 0 Å². The summed E-state index contributed by atoms with van der Waals surface area (Å²) in [5.74, 6) is 0. The van der Waals surface area contributed by atoms with E-state index in [4.69, 9.17) is 4.18 Å². The van der Waals surface area contributed by atoms with Crippen LogP contribution in [0.1, 0.15) is 36.8 Å². The average Bonchev–Trinajstić information content (AvgIpc) is 2.61. The van der Waals surface area contributed by atoms with Gasteiger partial charge in [-0.25, -0.2) is 0 Å². The van der Waals surface area contributed by atoms with Crippen LogP contribution in [-0.2, 0) is 20.7 Å². The summed E-state index contributed by atoms with van der Waals surface area (Å²) in [7, 11) is -3.62. The van der Waals surface area contributed by atoms with Gasteiger partial charge in [0.05, 0.1) is 11.5 Å². The lowest BCUT2D eigenvalue weighted by Gasteiger charge is -2.05. The van der Waals surface area contributed by atoms with Gasteiger partial charge in [0.2, 0.25) is 0 Å². The third kappa shape index (κ3) is 7.24. The van der Waals surface area contributed by atoms with E-state index in [1.807, 2.05) is 25.1 Å². The highest BCUT2D eigenvalue weighted by atomic mass is 32.2. The summed E-state index contributed by atoms with van der Waals surface area (Å²) in [6.07, 6.45) is 9.09. The zero-order valence-corrected chi connectivity index (χ0v) is 15.5. The van der Waals surface area contributed by atoms with E-state index in [-0.39, 0.29) is 11.5 Å². The Morgan fingerprint density at radius 1 is 0.880 bits per heavy atom. The minimum atomic E-state index is -3.62. The molecule has 0 radical (unpaired) electrons. The SMILES string of the molecule is Cc1ccc(S(=O)(=O)OCCCCCC=CCc2ccccc2)cc1.